The maximum absolute atomic E-state index is 5.84. The highest BCUT2D eigenvalue weighted by molar-refractivity contribution is 9.10. The topological polar surface area (TPSA) is 44.5 Å². The second kappa shape index (κ2) is 3.20. The van der Waals surface area contributed by atoms with E-state index in [-0.39, 0.29) is 6.04 Å². The number of hydrogen-bond donors (Lipinski definition) is 1. The Morgan fingerprint density at radius 3 is 3.08 bits per heavy atom. The molecule has 4 heteroatoms. The van der Waals surface area contributed by atoms with Gasteiger partial charge in [-0.15, -0.1) is 0 Å². The number of nitrogens with two attached hydrogens (primary N) is 1. The van der Waals surface area contributed by atoms with Crippen LogP contribution in [0.15, 0.2) is 16.6 Å². The minimum absolute atomic E-state index is 0.0404. The summed E-state index contributed by atoms with van der Waals surface area (Å²) in [5, 5.41) is 0. The maximum atomic E-state index is 5.84. The molecule has 0 aliphatic carbocycles. The van der Waals surface area contributed by atoms with Crippen molar-refractivity contribution < 1.29 is 9.47 Å². The van der Waals surface area contributed by atoms with Crippen molar-refractivity contribution in [3.63, 3.8) is 0 Å². The summed E-state index contributed by atoms with van der Waals surface area (Å²) in [7, 11) is 1.63. The molecule has 0 saturated heterocycles. The van der Waals surface area contributed by atoms with Crippen molar-refractivity contribution in [2.75, 3.05) is 13.7 Å². The normalized spacial score (nSPS) is 19.5. The van der Waals surface area contributed by atoms with Crippen LogP contribution in [0.25, 0.3) is 0 Å². The molecule has 13 heavy (non-hydrogen) atoms. The summed E-state index contributed by atoms with van der Waals surface area (Å²) in [6, 6.07) is 3.75. The minimum atomic E-state index is -0.0404. The molecule has 1 unspecified atom stereocenters. The van der Waals surface area contributed by atoms with E-state index in [0.717, 1.165) is 21.5 Å². The fourth-order valence-corrected chi connectivity index (χ4v) is 1.97. The SMILES string of the molecule is COc1cc(Br)c2c(c1)C(N)CO2. The van der Waals surface area contributed by atoms with Crippen LogP contribution in [0.4, 0.5) is 0 Å². The summed E-state index contributed by atoms with van der Waals surface area (Å²) < 4.78 is 11.4. The largest absolute Gasteiger partial charge is 0.497 e. The van der Waals surface area contributed by atoms with Gasteiger partial charge in [-0.25, -0.2) is 0 Å². The van der Waals surface area contributed by atoms with Crippen molar-refractivity contribution in [1.82, 2.24) is 0 Å². The third-order valence-electron chi connectivity index (χ3n) is 2.09. The minimum Gasteiger partial charge on any atom is -0.497 e. The molecule has 0 spiro atoms. The van der Waals surface area contributed by atoms with Crippen molar-refractivity contribution in [2.45, 2.75) is 6.04 Å². The standard InChI is InChI=1S/C9H10BrNO2/c1-12-5-2-6-8(11)4-13-9(6)7(10)3-5/h2-3,8H,4,11H2,1H3. The number of benzene rings is 1. The first-order valence-electron chi connectivity index (χ1n) is 3.98. The molecule has 0 saturated carbocycles. The molecule has 2 N–H and O–H groups in total. The molecule has 1 aliphatic rings. The molecule has 1 heterocycles. The Labute approximate surface area is 85.0 Å². The fraction of sp³-hybridized carbons (Fsp3) is 0.333. The van der Waals surface area contributed by atoms with Crippen molar-refractivity contribution in [3.8, 4) is 11.5 Å². The lowest BCUT2D eigenvalue weighted by Crippen LogP contribution is -2.10. The molecule has 3 nitrogen and oxygen atoms in total. The number of hydrogen-bond acceptors (Lipinski definition) is 3. The first-order valence-corrected chi connectivity index (χ1v) is 4.77. The molecule has 1 aliphatic heterocycles. The molecule has 1 aromatic rings. The van der Waals surface area contributed by atoms with E-state index in [1.54, 1.807) is 7.11 Å². The second-order valence-corrected chi connectivity index (χ2v) is 3.80. The van der Waals surface area contributed by atoms with Crippen LogP contribution in [0, 0.1) is 0 Å². The van der Waals surface area contributed by atoms with Gasteiger partial charge >= 0.3 is 0 Å². The zero-order valence-electron chi connectivity index (χ0n) is 7.21. The molecule has 1 aromatic carbocycles. The molecule has 0 fully saturated rings. The second-order valence-electron chi connectivity index (χ2n) is 2.95. The number of rotatable bonds is 1. The molecule has 0 aromatic heterocycles. The predicted molar refractivity (Wildman–Crippen MR) is 53.1 cm³/mol. The Hall–Kier alpha value is -0.740. The summed E-state index contributed by atoms with van der Waals surface area (Å²) >= 11 is 3.41. The van der Waals surface area contributed by atoms with Gasteiger partial charge in [0.2, 0.25) is 0 Å². The Morgan fingerprint density at radius 1 is 1.62 bits per heavy atom. The van der Waals surface area contributed by atoms with Crippen LogP contribution in [0.1, 0.15) is 11.6 Å². The van der Waals surface area contributed by atoms with E-state index < -0.39 is 0 Å². The molecule has 0 bridgehead atoms. The Kier molecular flexibility index (Phi) is 2.17. The van der Waals surface area contributed by atoms with Crippen LogP contribution < -0.4 is 15.2 Å². The smallest absolute Gasteiger partial charge is 0.138 e. The van der Waals surface area contributed by atoms with Gasteiger partial charge in [0.25, 0.3) is 0 Å². The van der Waals surface area contributed by atoms with E-state index in [9.17, 15) is 0 Å². The lowest BCUT2D eigenvalue weighted by molar-refractivity contribution is 0.331. The Bertz CT molecular complexity index is 341. The highest BCUT2D eigenvalue weighted by Crippen LogP contribution is 2.40. The van der Waals surface area contributed by atoms with E-state index in [0.29, 0.717) is 6.61 Å². The van der Waals surface area contributed by atoms with Crippen molar-refractivity contribution in [3.05, 3.63) is 22.2 Å². The summed E-state index contributed by atoms with van der Waals surface area (Å²) in [5.74, 6) is 1.64. The van der Waals surface area contributed by atoms with Crippen LogP contribution >= 0.6 is 15.9 Å². The molecule has 70 valence electrons. The molecule has 2 rings (SSSR count). The predicted octanol–water partition coefficient (Wildman–Crippen LogP) is 1.85. The summed E-state index contributed by atoms with van der Waals surface area (Å²) in [6.45, 7) is 0.543. The number of fused-ring (bicyclic) bond motifs is 1. The number of halogens is 1. The lowest BCUT2D eigenvalue weighted by atomic mass is 10.1. The van der Waals surface area contributed by atoms with Crippen LogP contribution in [0.5, 0.6) is 11.5 Å². The molecule has 0 amide bonds. The maximum Gasteiger partial charge on any atom is 0.138 e. The van der Waals surface area contributed by atoms with Crippen LogP contribution in [0.3, 0.4) is 0 Å². The van der Waals surface area contributed by atoms with Crippen LogP contribution in [-0.4, -0.2) is 13.7 Å². The van der Waals surface area contributed by atoms with Gasteiger partial charge in [-0.3, -0.25) is 0 Å². The van der Waals surface area contributed by atoms with Gasteiger partial charge in [0.05, 0.1) is 17.6 Å². The molecular weight excluding hydrogens is 234 g/mol. The van der Waals surface area contributed by atoms with Crippen molar-refractivity contribution >= 4 is 15.9 Å². The number of ether oxygens (including phenoxy) is 2. The van der Waals surface area contributed by atoms with E-state index >= 15 is 0 Å². The van der Waals surface area contributed by atoms with Gasteiger partial charge in [-0.05, 0) is 28.1 Å². The average Bonchev–Trinajstić information content (AvgIpc) is 2.48. The first kappa shape index (κ1) is 8.84. The third-order valence-corrected chi connectivity index (χ3v) is 2.68. The Balaban J connectivity index is 2.53. The highest BCUT2D eigenvalue weighted by atomic mass is 79.9. The summed E-state index contributed by atoms with van der Waals surface area (Å²) in [4.78, 5) is 0. The van der Waals surface area contributed by atoms with Gasteiger partial charge in [0.1, 0.15) is 18.1 Å². The molecule has 1 atom stereocenters. The van der Waals surface area contributed by atoms with E-state index in [4.69, 9.17) is 15.2 Å². The van der Waals surface area contributed by atoms with Gasteiger partial charge in [0.15, 0.2) is 0 Å². The van der Waals surface area contributed by atoms with Crippen LogP contribution in [0.2, 0.25) is 0 Å². The number of methoxy groups -OCH3 is 1. The van der Waals surface area contributed by atoms with Crippen molar-refractivity contribution in [1.29, 1.82) is 0 Å². The molecular formula is C9H10BrNO2. The van der Waals surface area contributed by atoms with Gasteiger partial charge < -0.3 is 15.2 Å². The van der Waals surface area contributed by atoms with E-state index in [2.05, 4.69) is 15.9 Å². The van der Waals surface area contributed by atoms with Gasteiger partial charge in [-0.1, -0.05) is 0 Å². The summed E-state index contributed by atoms with van der Waals surface area (Å²) in [6.07, 6.45) is 0. The van der Waals surface area contributed by atoms with Gasteiger partial charge in [0, 0.05) is 5.56 Å². The third kappa shape index (κ3) is 1.40. The lowest BCUT2D eigenvalue weighted by Gasteiger charge is -2.06. The fourth-order valence-electron chi connectivity index (χ4n) is 1.40. The monoisotopic (exact) mass is 243 g/mol. The van der Waals surface area contributed by atoms with Crippen LogP contribution in [-0.2, 0) is 0 Å². The Morgan fingerprint density at radius 2 is 2.38 bits per heavy atom. The van der Waals surface area contributed by atoms with Gasteiger partial charge in [-0.2, -0.15) is 0 Å². The average molecular weight is 244 g/mol. The molecule has 0 radical (unpaired) electrons. The first-order chi connectivity index (χ1) is 6.22. The highest BCUT2D eigenvalue weighted by Gasteiger charge is 2.23. The zero-order valence-corrected chi connectivity index (χ0v) is 8.80. The quantitative estimate of drug-likeness (QED) is 0.819. The van der Waals surface area contributed by atoms with E-state index in [1.807, 2.05) is 12.1 Å². The van der Waals surface area contributed by atoms with E-state index in [1.165, 1.54) is 0 Å². The van der Waals surface area contributed by atoms with Crippen molar-refractivity contribution in [2.24, 2.45) is 5.73 Å². The zero-order chi connectivity index (χ0) is 9.42. The summed E-state index contributed by atoms with van der Waals surface area (Å²) in [5.41, 5.74) is 6.84.